The van der Waals surface area contributed by atoms with Crippen molar-refractivity contribution in [2.75, 3.05) is 37.7 Å². The van der Waals surface area contributed by atoms with Gasteiger partial charge in [-0.1, -0.05) is 0 Å². The molecule has 1 unspecified atom stereocenters. The van der Waals surface area contributed by atoms with Crippen LogP contribution in [0.1, 0.15) is 12.8 Å². The van der Waals surface area contributed by atoms with Crippen LogP contribution in [-0.4, -0.2) is 60.6 Å². The van der Waals surface area contributed by atoms with Gasteiger partial charge >= 0.3 is 5.97 Å². The van der Waals surface area contributed by atoms with Gasteiger partial charge in [0.15, 0.2) is 0 Å². The molecule has 3 aliphatic rings. The number of likely N-dealkylation sites (tertiary alicyclic amines) is 1. The van der Waals surface area contributed by atoms with Crippen molar-refractivity contribution in [2.24, 2.45) is 17.3 Å². The molecule has 0 aliphatic carbocycles. The molecule has 3 saturated heterocycles. The Morgan fingerprint density at radius 1 is 1.25 bits per heavy atom. The third kappa shape index (κ3) is 2.94. The quantitative estimate of drug-likeness (QED) is 0.834. The summed E-state index contributed by atoms with van der Waals surface area (Å²) in [7, 11) is 0. The molecular weight excluding hydrogens is 374 g/mol. The minimum absolute atomic E-state index is 0.0159. The molecule has 28 heavy (non-hydrogen) atoms. The van der Waals surface area contributed by atoms with E-state index in [0.29, 0.717) is 19.1 Å². The zero-order chi connectivity index (χ0) is 20.1. The van der Waals surface area contributed by atoms with Crippen LogP contribution in [0, 0.1) is 28.9 Å². The molecule has 1 aromatic carbocycles. The summed E-state index contributed by atoms with van der Waals surface area (Å²) in [6.45, 7) is 0.959. The highest BCUT2D eigenvalue weighted by atomic mass is 19.1. The molecule has 2 amide bonds. The summed E-state index contributed by atoms with van der Waals surface area (Å²) >= 11 is 0. The first-order valence-corrected chi connectivity index (χ1v) is 9.17. The molecule has 0 radical (unpaired) electrons. The standard InChI is InChI=1S/C19H20F2N2O5/c20-13-1-2-15(14(21)6-13)23-7-11(5-16(23)24)17(25)22-8-12-9-28-4-3-19(12,10-22)18(26)27/h1-2,6,11-12H,3-5,7-10H2,(H,26,27)/t11?,12-,19+/m0/s1. The number of carbonyl (C=O) groups excluding carboxylic acids is 2. The van der Waals surface area contributed by atoms with Crippen molar-refractivity contribution in [3.63, 3.8) is 0 Å². The number of anilines is 1. The predicted molar refractivity (Wildman–Crippen MR) is 92.4 cm³/mol. The van der Waals surface area contributed by atoms with E-state index in [4.69, 9.17) is 4.74 Å². The first-order chi connectivity index (χ1) is 13.3. The number of fused-ring (bicyclic) bond motifs is 1. The molecule has 4 rings (SSSR count). The summed E-state index contributed by atoms with van der Waals surface area (Å²) in [5.41, 5.74) is -1.08. The van der Waals surface area contributed by atoms with Gasteiger partial charge in [0.2, 0.25) is 11.8 Å². The molecule has 3 atom stereocenters. The first-order valence-electron chi connectivity index (χ1n) is 9.17. The molecule has 0 saturated carbocycles. The summed E-state index contributed by atoms with van der Waals surface area (Å²) in [5.74, 6) is -4.26. The summed E-state index contributed by atoms with van der Waals surface area (Å²) in [5, 5.41) is 9.72. The van der Waals surface area contributed by atoms with Crippen LogP contribution in [0.15, 0.2) is 18.2 Å². The lowest BCUT2D eigenvalue weighted by molar-refractivity contribution is -0.157. The smallest absolute Gasteiger partial charge is 0.311 e. The van der Waals surface area contributed by atoms with Gasteiger partial charge in [-0.15, -0.1) is 0 Å². The van der Waals surface area contributed by atoms with E-state index < -0.39 is 34.8 Å². The molecule has 3 fully saturated rings. The fourth-order valence-corrected chi connectivity index (χ4v) is 4.53. The molecule has 150 valence electrons. The second kappa shape index (κ2) is 6.80. The minimum Gasteiger partial charge on any atom is -0.481 e. The van der Waals surface area contributed by atoms with Crippen LogP contribution in [-0.2, 0) is 19.1 Å². The van der Waals surface area contributed by atoms with Crippen LogP contribution in [0.25, 0.3) is 0 Å². The molecule has 1 aromatic rings. The fraction of sp³-hybridized carbons (Fsp3) is 0.526. The van der Waals surface area contributed by atoms with E-state index in [9.17, 15) is 28.3 Å². The molecule has 3 aliphatic heterocycles. The van der Waals surface area contributed by atoms with E-state index in [1.54, 1.807) is 0 Å². The summed E-state index contributed by atoms with van der Waals surface area (Å²) in [6.07, 6.45) is 0.251. The van der Waals surface area contributed by atoms with E-state index >= 15 is 0 Å². The molecular formula is C19H20F2N2O5. The van der Waals surface area contributed by atoms with Crippen LogP contribution in [0.4, 0.5) is 14.5 Å². The zero-order valence-electron chi connectivity index (χ0n) is 15.1. The summed E-state index contributed by atoms with van der Waals surface area (Å²) < 4.78 is 32.6. The maximum Gasteiger partial charge on any atom is 0.311 e. The van der Waals surface area contributed by atoms with Gasteiger partial charge in [0.25, 0.3) is 0 Å². The summed E-state index contributed by atoms with van der Waals surface area (Å²) in [4.78, 5) is 39.8. The number of benzene rings is 1. The van der Waals surface area contributed by atoms with E-state index in [1.807, 2.05) is 0 Å². The fourth-order valence-electron chi connectivity index (χ4n) is 4.53. The van der Waals surface area contributed by atoms with Crippen molar-refractivity contribution in [3.8, 4) is 0 Å². The van der Waals surface area contributed by atoms with Crippen molar-refractivity contribution in [1.82, 2.24) is 4.90 Å². The van der Waals surface area contributed by atoms with Crippen molar-refractivity contribution in [1.29, 1.82) is 0 Å². The van der Waals surface area contributed by atoms with Gasteiger partial charge in [0, 0.05) is 44.6 Å². The lowest BCUT2D eigenvalue weighted by Crippen LogP contribution is -2.45. The number of ether oxygens (including phenoxy) is 1. The van der Waals surface area contributed by atoms with Crippen LogP contribution < -0.4 is 4.90 Å². The number of halogens is 2. The Morgan fingerprint density at radius 3 is 2.71 bits per heavy atom. The van der Waals surface area contributed by atoms with Crippen LogP contribution in [0.3, 0.4) is 0 Å². The topological polar surface area (TPSA) is 87.2 Å². The van der Waals surface area contributed by atoms with Crippen molar-refractivity contribution in [2.45, 2.75) is 12.8 Å². The Labute approximate surface area is 159 Å². The zero-order valence-corrected chi connectivity index (χ0v) is 15.1. The predicted octanol–water partition coefficient (Wildman–Crippen LogP) is 1.27. The van der Waals surface area contributed by atoms with Crippen molar-refractivity contribution < 1.29 is 33.0 Å². The number of carbonyl (C=O) groups is 3. The average molecular weight is 394 g/mol. The Hall–Kier alpha value is -2.55. The van der Waals surface area contributed by atoms with Gasteiger partial charge in [0.05, 0.1) is 23.6 Å². The molecule has 0 aromatic heterocycles. The summed E-state index contributed by atoms with van der Waals surface area (Å²) in [6, 6.07) is 2.93. The Morgan fingerprint density at radius 2 is 2.04 bits per heavy atom. The van der Waals surface area contributed by atoms with Gasteiger partial charge in [0.1, 0.15) is 11.6 Å². The van der Waals surface area contributed by atoms with Gasteiger partial charge in [-0.25, -0.2) is 8.78 Å². The Bertz CT molecular complexity index is 848. The number of hydrogen-bond donors (Lipinski definition) is 1. The third-order valence-corrected chi connectivity index (χ3v) is 6.12. The lowest BCUT2D eigenvalue weighted by atomic mass is 9.74. The number of carboxylic acid groups (broad SMARTS) is 1. The number of carboxylic acids is 1. The number of amides is 2. The van der Waals surface area contributed by atoms with E-state index in [-0.39, 0.29) is 50.2 Å². The van der Waals surface area contributed by atoms with Crippen molar-refractivity contribution >= 4 is 23.5 Å². The SMILES string of the molecule is O=C(C1CC(=O)N(c2ccc(F)cc2F)C1)N1C[C@H]2COCC[C@@]2(C(=O)O)C1. The average Bonchev–Trinajstić information content (AvgIpc) is 3.23. The van der Waals surface area contributed by atoms with Crippen molar-refractivity contribution in [3.05, 3.63) is 29.8 Å². The van der Waals surface area contributed by atoms with Crippen LogP contribution in [0.5, 0.6) is 0 Å². The molecule has 1 N–H and O–H groups in total. The Balaban J connectivity index is 1.50. The molecule has 0 bridgehead atoms. The molecule has 7 nitrogen and oxygen atoms in total. The number of nitrogens with zero attached hydrogens (tertiary/aromatic N) is 2. The monoisotopic (exact) mass is 394 g/mol. The molecule has 9 heteroatoms. The second-order valence-electron chi connectivity index (χ2n) is 7.70. The number of rotatable bonds is 3. The van der Waals surface area contributed by atoms with Crippen LogP contribution >= 0.6 is 0 Å². The largest absolute Gasteiger partial charge is 0.481 e. The molecule has 3 heterocycles. The first kappa shape index (κ1) is 18.8. The van der Waals surface area contributed by atoms with Gasteiger partial charge in [-0.05, 0) is 18.6 Å². The number of hydrogen-bond acceptors (Lipinski definition) is 4. The second-order valence-corrected chi connectivity index (χ2v) is 7.70. The lowest BCUT2D eigenvalue weighted by Gasteiger charge is -2.33. The van der Waals surface area contributed by atoms with E-state index in [1.165, 1.54) is 11.0 Å². The van der Waals surface area contributed by atoms with E-state index in [2.05, 4.69) is 0 Å². The minimum atomic E-state index is -1.01. The van der Waals surface area contributed by atoms with Gasteiger partial charge in [-0.3, -0.25) is 14.4 Å². The molecule has 0 spiro atoms. The normalized spacial score (nSPS) is 29.9. The highest BCUT2D eigenvalue weighted by Crippen LogP contribution is 2.43. The Kier molecular flexibility index (Phi) is 4.57. The highest BCUT2D eigenvalue weighted by Gasteiger charge is 2.55. The van der Waals surface area contributed by atoms with Gasteiger partial charge < -0.3 is 19.6 Å². The van der Waals surface area contributed by atoms with Gasteiger partial charge in [-0.2, -0.15) is 0 Å². The highest BCUT2D eigenvalue weighted by molar-refractivity contribution is 6.00. The maximum atomic E-state index is 14.0. The van der Waals surface area contributed by atoms with E-state index in [0.717, 1.165) is 11.0 Å². The third-order valence-electron chi connectivity index (χ3n) is 6.12. The maximum absolute atomic E-state index is 14.0. The van der Waals surface area contributed by atoms with Crippen LogP contribution in [0.2, 0.25) is 0 Å². The number of aliphatic carboxylic acids is 1.